The summed E-state index contributed by atoms with van der Waals surface area (Å²) in [5.41, 5.74) is 0. The first-order chi connectivity index (χ1) is 6.47. The SMILES string of the molecule is CCCCCCCC1(O)OS(=O)(=O)O1. The van der Waals surface area contributed by atoms with E-state index in [1.807, 2.05) is 0 Å². The van der Waals surface area contributed by atoms with Gasteiger partial charge in [-0.15, -0.1) is 0 Å². The van der Waals surface area contributed by atoms with Crippen LogP contribution in [0.2, 0.25) is 0 Å². The van der Waals surface area contributed by atoms with E-state index in [2.05, 4.69) is 15.3 Å². The van der Waals surface area contributed by atoms with Gasteiger partial charge in [0.15, 0.2) is 0 Å². The van der Waals surface area contributed by atoms with Gasteiger partial charge >= 0.3 is 16.4 Å². The van der Waals surface area contributed by atoms with Crippen molar-refractivity contribution in [1.82, 2.24) is 0 Å². The molecule has 0 aromatic heterocycles. The van der Waals surface area contributed by atoms with Crippen LogP contribution in [-0.4, -0.2) is 19.5 Å². The van der Waals surface area contributed by atoms with E-state index in [1.165, 1.54) is 0 Å². The van der Waals surface area contributed by atoms with Gasteiger partial charge in [0.1, 0.15) is 0 Å². The van der Waals surface area contributed by atoms with Crippen LogP contribution in [-0.2, 0) is 18.8 Å². The summed E-state index contributed by atoms with van der Waals surface area (Å²) in [5.74, 6) is -1.88. The fourth-order valence-electron chi connectivity index (χ4n) is 1.36. The molecule has 0 atom stereocenters. The molecule has 1 fully saturated rings. The van der Waals surface area contributed by atoms with Gasteiger partial charge in [-0.1, -0.05) is 32.6 Å². The van der Waals surface area contributed by atoms with Crippen LogP contribution in [0.15, 0.2) is 0 Å². The second-order valence-electron chi connectivity index (χ2n) is 3.45. The van der Waals surface area contributed by atoms with E-state index in [0.29, 0.717) is 6.42 Å². The molecule has 0 aromatic rings. The normalized spacial score (nSPS) is 23.0. The average molecular weight is 224 g/mol. The van der Waals surface area contributed by atoms with Crippen LogP contribution in [0, 0.1) is 0 Å². The topological polar surface area (TPSA) is 72.8 Å². The number of rotatable bonds is 6. The molecular weight excluding hydrogens is 208 g/mol. The minimum absolute atomic E-state index is 0.204. The molecule has 1 N–H and O–H groups in total. The van der Waals surface area contributed by atoms with Crippen molar-refractivity contribution in [3.05, 3.63) is 0 Å². The summed E-state index contributed by atoms with van der Waals surface area (Å²) in [5, 5.41) is 9.28. The second kappa shape index (κ2) is 4.57. The third kappa shape index (κ3) is 3.53. The summed E-state index contributed by atoms with van der Waals surface area (Å²) < 4.78 is 29.3. The van der Waals surface area contributed by atoms with Crippen LogP contribution in [0.4, 0.5) is 0 Å². The van der Waals surface area contributed by atoms with Gasteiger partial charge in [-0.05, 0) is 6.42 Å². The molecule has 1 aliphatic rings. The Kier molecular flexibility index (Phi) is 3.88. The standard InChI is InChI=1S/C8H16O5S/c1-2-3-4-5-6-7-8(9)12-14(10,11)13-8/h9H,2-7H2,1H3. The maximum Gasteiger partial charge on any atom is 0.409 e. The zero-order valence-corrected chi connectivity index (χ0v) is 9.05. The van der Waals surface area contributed by atoms with Crippen molar-refractivity contribution < 1.29 is 21.9 Å². The van der Waals surface area contributed by atoms with Gasteiger partial charge in [-0.25, -0.2) is 0 Å². The smallest absolute Gasteiger partial charge is 0.342 e. The summed E-state index contributed by atoms with van der Waals surface area (Å²) in [4.78, 5) is 0. The van der Waals surface area contributed by atoms with Crippen molar-refractivity contribution in [1.29, 1.82) is 0 Å². The molecule has 0 bridgehead atoms. The zero-order chi connectivity index (χ0) is 10.7. The second-order valence-corrected chi connectivity index (χ2v) is 4.60. The Morgan fingerprint density at radius 3 is 2.21 bits per heavy atom. The highest BCUT2D eigenvalue weighted by molar-refractivity contribution is 7.82. The maximum absolute atomic E-state index is 10.4. The van der Waals surface area contributed by atoms with Crippen LogP contribution in [0.5, 0.6) is 0 Å². The molecule has 0 spiro atoms. The lowest BCUT2D eigenvalue weighted by molar-refractivity contribution is -0.329. The number of hydrogen-bond donors (Lipinski definition) is 1. The van der Waals surface area contributed by atoms with Gasteiger partial charge in [0.05, 0.1) is 0 Å². The Morgan fingerprint density at radius 1 is 1.14 bits per heavy atom. The van der Waals surface area contributed by atoms with Gasteiger partial charge in [0.2, 0.25) is 0 Å². The van der Waals surface area contributed by atoms with Crippen LogP contribution < -0.4 is 0 Å². The Hall–Kier alpha value is -0.170. The summed E-state index contributed by atoms with van der Waals surface area (Å²) in [7, 11) is -3.89. The first-order valence-corrected chi connectivity index (χ1v) is 6.19. The van der Waals surface area contributed by atoms with Crippen LogP contribution in [0.25, 0.3) is 0 Å². The molecule has 1 heterocycles. The zero-order valence-electron chi connectivity index (χ0n) is 8.23. The van der Waals surface area contributed by atoms with Crippen molar-refractivity contribution in [3.8, 4) is 0 Å². The van der Waals surface area contributed by atoms with E-state index in [0.717, 1.165) is 25.7 Å². The first kappa shape index (κ1) is 11.9. The molecule has 0 radical (unpaired) electrons. The minimum Gasteiger partial charge on any atom is -0.342 e. The van der Waals surface area contributed by atoms with Gasteiger partial charge in [-0.3, -0.25) is 0 Å². The monoisotopic (exact) mass is 224 g/mol. The van der Waals surface area contributed by atoms with Crippen LogP contribution in [0.3, 0.4) is 0 Å². The lowest BCUT2D eigenvalue weighted by Gasteiger charge is -2.33. The summed E-state index contributed by atoms with van der Waals surface area (Å²) in [6, 6.07) is 0. The van der Waals surface area contributed by atoms with Crippen molar-refractivity contribution >= 4 is 10.4 Å². The van der Waals surface area contributed by atoms with Crippen LogP contribution in [0.1, 0.15) is 45.4 Å². The molecule has 14 heavy (non-hydrogen) atoms. The Bertz CT molecular complexity index is 259. The molecule has 0 saturated carbocycles. The largest absolute Gasteiger partial charge is 0.409 e. The molecule has 0 aliphatic carbocycles. The Labute approximate surface area is 84.4 Å². The van der Waals surface area contributed by atoms with E-state index in [4.69, 9.17) is 0 Å². The highest BCUT2D eigenvalue weighted by atomic mass is 32.3. The lowest BCUT2D eigenvalue weighted by Crippen LogP contribution is -2.50. The van der Waals surface area contributed by atoms with Crippen molar-refractivity contribution in [3.63, 3.8) is 0 Å². The van der Waals surface area contributed by atoms with E-state index < -0.39 is 16.4 Å². The number of hydrogen-bond acceptors (Lipinski definition) is 5. The molecule has 0 amide bonds. The number of aliphatic hydroxyl groups is 1. The van der Waals surface area contributed by atoms with Crippen molar-refractivity contribution in [2.75, 3.05) is 0 Å². The molecule has 0 unspecified atom stereocenters. The predicted molar refractivity (Wildman–Crippen MR) is 49.4 cm³/mol. The summed E-state index contributed by atoms with van der Waals surface area (Å²) >= 11 is 0. The average Bonchev–Trinajstić information content (AvgIpc) is 2.00. The maximum atomic E-state index is 10.4. The van der Waals surface area contributed by atoms with E-state index >= 15 is 0 Å². The van der Waals surface area contributed by atoms with Gasteiger partial charge in [0.25, 0.3) is 0 Å². The van der Waals surface area contributed by atoms with Crippen LogP contribution >= 0.6 is 0 Å². The Morgan fingerprint density at radius 2 is 1.71 bits per heavy atom. The molecule has 1 saturated heterocycles. The van der Waals surface area contributed by atoms with E-state index in [9.17, 15) is 13.5 Å². The van der Waals surface area contributed by atoms with Crippen molar-refractivity contribution in [2.45, 2.75) is 51.4 Å². The molecular formula is C8H16O5S. The van der Waals surface area contributed by atoms with E-state index in [-0.39, 0.29) is 6.42 Å². The van der Waals surface area contributed by atoms with Gasteiger partial charge in [0, 0.05) is 6.42 Å². The molecule has 84 valence electrons. The fourth-order valence-corrected chi connectivity index (χ4v) is 2.18. The van der Waals surface area contributed by atoms with Gasteiger partial charge in [-0.2, -0.15) is 16.8 Å². The van der Waals surface area contributed by atoms with E-state index in [1.54, 1.807) is 0 Å². The number of unbranched alkanes of at least 4 members (excludes halogenated alkanes) is 4. The quantitative estimate of drug-likeness (QED) is 0.688. The summed E-state index contributed by atoms with van der Waals surface area (Å²) in [6.45, 7) is 2.11. The Balaban J connectivity index is 2.08. The van der Waals surface area contributed by atoms with Crippen molar-refractivity contribution in [2.24, 2.45) is 0 Å². The highest BCUT2D eigenvalue weighted by Crippen LogP contribution is 2.32. The molecule has 1 rings (SSSR count). The highest BCUT2D eigenvalue weighted by Gasteiger charge is 2.50. The molecule has 1 aliphatic heterocycles. The molecule has 5 nitrogen and oxygen atoms in total. The third-order valence-electron chi connectivity index (χ3n) is 2.06. The molecule has 0 aromatic carbocycles. The minimum atomic E-state index is -3.89. The fraction of sp³-hybridized carbons (Fsp3) is 1.00. The predicted octanol–water partition coefficient (Wildman–Crippen LogP) is 1.28. The lowest BCUT2D eigenvalue weighted by atomic mass is 10.1. The molecule has 6 heteroatoms. The first-order valence-electron chi connectivity index (χ1n) is 4.86. The summed E-state index contributed by atoms with van der Waals surface area (Å²) in [6.07, 6.45) is 5.23. The van der Waals surface area contributed by atoms with Gasteiger partial charge < -0.3 is 5.11 Å². The third-order valence-corrected chi connectivity index (χ3v) is 2.99.